The van der Waals surface area contributed by atoms with Gasteiger partial charge in [0.2, 0.25) is 5.13 Å². The summed E-state index contributed by atoms with van der Waals surface area (Å²) >= 11 is 1.42. The van der Waals surface area contributed by atoms with Crippen LogP contribution in [0.2, 0.25) is 0 Å². The van der Waals surface area contributed by atoms with E-state index < -0.39 is 0 Å². The molecule has 1 aromatic heterocycles. The summed E-state index contributed by atoms with van der Waals surface area (Å²) in [6.07, 6.45) is 0.571. The van der Waals surface area contributed by atoms with Gasteiger partial charge in [-0.2, -0.15) is 4.37 Å². The van der Waals surface area contributed by atoms with E-state index in [0.717, 1.165) is 49.2 Å². The second-order valence-electron chi connectivity index (χ2n) is 5.42. The second-order valence-corrected chi connectivity index (χ2v) is 6.15. The molecule has 22 heavy (non-hydrogen) atoms. The van der Waals surface area contributed by atoms with Gasteiger partial charge in [-0.15, -0.1) is 0 Å². The summed E-state index contributed by atoms with van der Waals surface area (Å²) in [5.41, 5.74) is 6.49. The lowest BCUT2D eigenvalue weighted by molar-refractivity contribution is 0.265. The van der Waals surface area contributed by atoms with E-state index in [1.807, 2.05) is 6.07 Å². The Balaban J connectivity index is 1.60. The first kappa shape index (κ1) is 15.3. The number of hydrogen-bond donors (Lipinski definition) is 1. The minimum Gasteiger partial charge on any atom is -0.344 e. The minimum absolute atomic E-state index is 0.219. The lowest BCUT2D eigenvalue weighted by Crippen LogP contribution is -2.47. The van der Waals surface area contributed by atoms with Crippen molar-refractivity contribution in [1.82, 2.24) is 14.3 Å². The fourth-order valence-electron chi connectivity index (χ4n) is 2.62. The number of nitrogens with two attached hydrogens (primary N) is 1. The maximum Gasteiger partial charge on any atom is 0.205 e. The molecule has 1 aliphatic heterocycles. The van der Waals surface area contributed by atoms with Gasteiger partial charge in [0, 0.05) is 57.2 Å². The van der Waals surface area contributed by atoms with Crippen molar-refractivity contribution in [2.45, 2.75) is 6.42 Å². The summed E-state index contributed by atoms with van der Waals surface area (Å²) in [6.45, 7) is 5.58. The molecule has 0 spiro atoms. The van der Waals surface area contributed by atoms with Crippen LogP contribution in [0.25, 0.3) is 0 Å². The standard InChI is InChI=1S/C15H20FN5S/c16-13-3-1-2-12(10-13)11-14-18-15(22-19-14)21-8-6-20(5-4-17)7-9-21/h1-3,10H,4-9,11,17H2. The first-order valence-electron chi connectivity index (χ1n) is 7.49. The Morgan fingerprint density at radius 1 is 1.23 bits per heavy atom. The number of hydrogen-bond acceptors (Lipinski definition) is 6. The van der Waals surface area contributed by atoms with Gasteiger partial charge in [0.05, 0.1) is 0 Å². The number of rotatable bonds is 5. The third-order valence-corrected chi connectivity index (χ3v) is 4.61. The van der Waals surface area contributed by atoms with Crippen molar-refractivity contribution in [3.05, 3.63) is 41.5 Å². The molecule has 2 N–H and O–H groups in total. The van der Waals surface area contributed by atoms with Crippen LogP contribution in [0.5, 0.6) is 0 Å². The summed E-state index contributed by atoms with van der Waals surface area (Å²) in [5, 5.41) is 0.957. The molecule has 0 saturated carbocycles. The van der Waals surface area contributed by atoms with E-state index >= 15 is 0 Å². The number of anilines is 1. The third-order valence-electron chi connectivity index (χ3n) is 3.80. The van der Waals surface area contributed by atoms with Gasteiger partial charge in [-0.25, -0.2) is 9.37 Å². The van der Waals surface area contributed by atoms with Crippen LogP contribution in [-0.2, 0) is 6.42 Å². The van der Waals surface area contributed by atoms with Crippen LogP contribution in [0.4, 0.5) is 9.52 Å². The molecule has 7 heteroatoms. The molecule has 0 atom stereocenters. The van der Waals surface area contributed by atoms with Crippen LogP contribution in [0.1, 0.15) is 11.4 Å². The molecule has 1 aromatic carbocycles. The molecule has 118 valence electrons. The Bertz CT molecular complexity index is 609. The Morgan fingerprint density at radius 3 is 2.77 bits per heavy atom. The quantitative estimate of drug-likeness (QED) is 0.901. The van der Waals surface area contributed by atoms with Crippen LogP contribution < -0.4 is 10.6 Å². The highest BCUT2D eigenvalue weighted by molar-refractivity contribution is 7.09. The van der Waals surface area contributed by atoms with Gasteiger partial charge in [0.25, 0.3) is 0 Å². The molecule has 1 fully saturated rings. The first-order chi connectivity index (χ1) is 10.7. The Labute approximate surface area is 133 Å². The lowest BCUT2D eigenvalue weighted by atomic mass is 10.1. The second kappa shape index (κ2) is 7.13. The molecule has 0 amide bonds. The van der Waals surface area contributed by atoms with E-state index in [4.69, 9.17) is 5.73 Å². The molecule has 1 saturated heterocycles. The number of nitrogens with zero attached hydrogens (tertiary/aromatic N) is 4. The zero-order valence-electron chi connectivity index (χ0n) is 12.4. The summed E-state index contributed by atoms with van der Waals surface area (Å²) in [4.78, 5) is 9.23. The average Bonchev–Trinajstić information content (AvgIpc) is 2.97. The van der Waals surface area contributed by atoms with E-state index in [0.29, 0.717) is 13.0 Å². The van der Waals surface area contributed by atoms with E-state index in [1.54, 1.807) is 6.07 Å². The monoisotopic (exact) mass is 321 g/mol. The SMILES string of the molecule is NCCN1CCN(c2nc(Cc3cccc(F)c3)ns2)CC1. The predicted octanol–water partition coefficient (Wildman–Crippen LogP) is 1.35. The largest absolute Gasteiger partial charge is 0.344 e. The lowest BCUT2D eigenvalue weighted by Gasteiger charge is -2.33. The molecule has 0 unspecified atom stereocenters. The Morgan fingerprint density at radius 2 is 2.05 bits per heavy atom. The number of piperazine rings is 1. The van der Waals surface area contributed by atoms with Gasteiger partial charge < -0.3 is 10.6 Å². The summed E-state index contributed by atoms with van der Waals surface area (Å²) in [5.74, 6) is 0.541. The normalized spacial score (nSPS) is 16.2. The number of benzene rings is 1. The summed E-state index contributed by atoms with van der Waals surface area (Å²) < 4.78 is 17.6. The smallest absolute Gasteiger partial charge is 0.205 e. The first-order valence-corrected chi connectivity index (χ1v) is 8.26. The highest BCUT2D eigenvalue weighted by Gasteiger charge is 2.19. The predicted molar refractivity (Wildman–Crippen MR) is 86.8 cm³/mol. The van der Waals surface area contributed by atoms with Crippen LogP contribution in [0.3, 0.4) is 0 Å². The fourth-order valence-corrected chi connectivity index (χ4v) is 3.36. The third kappa shape index (κ3) is 3.79. The highest BCUT2D eigenvalue weighted by Crippen LogP contribution is 2.20. The van der Waals surface area contributed by atoms with Crippen molar-refractivity contribution >= 4 is 16.7 Å². The molecule has 0 radical (unpaired) electrons. The highest BCUT2D eigenvalue weighted by atomic mass is 32.1. The zero-order chi connectivity index (χ0) is 15.4. The number of aromatic nitrogens is 2. The van der Waals surface area contributed by atoms with Gasteiger partial charge in [-0.1, -0.05) is 12.1 Å². The fraction of sp³-hybridized carbons (Fsp3) is 0.467. The summed E-state index contributed by atoms with van der Waals surface area (Å²) in [6, 6.07) is 6.60. The van der Waals surface area contributed by atoms with E-state index in [-0.39, 0.29) is 5.82 Å². The van der Waals surface area contributed by atoms with E-state index in [2.05, 4.69) is 19.2 Å². The molecular weight excluding hydrogens is 301 g/mol. The van der Waals surface area contributed by atoms with E-state index in [1.165, 1.54) is 23.7 Å². The molecular formula is C15H20FN5S. The molecule has 5 nitrogen and oxygen atoms in total. The van der Waals surface area contributed by atoms with Crippen molar-refractivity contribution in [3.8, 4) is 0 Å². The molecule has 0 bridgehead atoms. The maximum absolute atomic E-state index is 13.2. The van der Waals surface area contributed by atoms with Gasteiger partial charge >= 0.3 is 0 Å². The Hall–Kier alpha value is -1.57. The molecule has 3 rings (SSSR count). The molecule has 1 aliphatic rings. The molecule has 2 heterocycles. The van der Waals surface area contributed by atoms with Crippen LogP contribution >= 0.6 is 11.5 Å². The Kier molecular flexibility index (Phi) is 4.97. The van der Waals surface area contributed by atoms with Crippen molar-refractivity contribution in [1.29, 1.82) is 0 Å². The maximum atomic E-state index is 13.2. The molecule has 2 aromatic rings. The van der Waals surface area contributed by atoms with Gasteiger partial charge in [0.15, 0.2) is 0 Å². The number of halogens is 1. The minimum atomic E-state index is -0.219. The van der Waals surface area contributed by atoms with Crippen molar-refractivity contribution in [2.75, 3.05) is 44.2 Å². The van der Waals surface area contributed by atoms with Gasteiger partial charge in [-0.05, 0) is 17.7 Å². The van der Waals surface area contributed by atoms with Crippen molar-refractivity contribution in [3.63, 3.8) is 0 Å². The zero-order valence-corrected chi connectivity index (χ0v) is 13.2. The van der Waals surface area contributed by atoms with Crippen LogP contribution in [-0.4, -0.2) is 53.5 Å². The van der Waals surface area contributed by atoms with Crippen molar-refractivity contribution in [2.24, 2.45) is 5.73 Å². The van der Waals surface area contributed by atoms with Gasteiger partial charge in [-0.3, -0.25) is 4.90 Å². The van der Waals surface area contributed by atoms with Crippen LogP contribution in [0.15, 0.2) is 24.3 Å². The average molecular weight is 321 g/mol. The van der Waals surface area contributed by atoms with E-state index in [9.17, 15) is 4.39 Å². The molecule has 0 aliphatic carbocycles. The van der Waals surface area contributed by atoms with Crippen molar-refractivity contribution < 1.29 is 4.39 Å². The van der Waals surface area contributed by atoms with Crippen LogP contribution in [0, 0.1) is 5.82 Å². The summed E-state index contributed by atoms with van der Waals surface area (Å²) in [7, 11) is 0. The topological polar surface area (TPSA) is 58.3 Å². The van der Waals surface area contributed by atoms with Gasteiger partial charge in [0.1, 0.15) is 11.6 Å².